The topological polar surface area (TPSA) is 12.9 Å². The Morgan fingerprint density at radius 2 is 1.26 bits per heavy atom. The van der Waals surface area contributed by atoms with E-state index in [2.05, 4.69) is 80.6 Å². The summed E-state index contributed by atoms with van der Waals surface area (Å²) in [5.41, 5.74) is 2.49. The van der Waals surface area contributed by atoms with Crippen molar-refractivity contribution in [1.29, 1.82) is 0 Å². The molecule has 6 aromatic rings. The second-order valence-electron chi connectivity index (χ2n) is 7.82. The van der Waals surface area contributed by atoms with Gasteiger partial charge in [0, 0.05) is 22.4 Å². The van der Waals surface area contributed by atoms with Crippen molar-refractivity contribution >= 4 is 54.0 Å². The van der Waals surface area contributed by atoms with Crippen molar-refractivity contribution in [2.24, 2.45) is 0 Å². The Labute approximate surface area is 157 Å². The average Bonchev–Trinajstić information content (AvgIpc) is 2.72. The molecule has 0 spiro atoms. The van der Waals surface area contributed by atoms with Crippen LogP contribution >= 0.6 is 0 Å². The number of rotatable bonds is 1. The molecule has 6 rings (SSSR count). The molecule has 5 aromatic carbocycles. The molecule has 0 bridgehead atoms. The van der Waals surface area contributed by atoms with Crippen LogP contribution in [0.25, 0.3) is 54.0 Å². The molecule has 1 nitrogen and oxygen atoms in total. The van der Waals surface area contributed by atoms with Crippen LogP contribution < -0.4 is 0 Å². The quantitative estimate of drug-likeness (QED) is 0.223. The highest BCUT2D eigenvalue weighted by atomic mass is 14.7. The summed E-state index contributed by atoms with van der Waals surface area (Å²) in [6, 6.07) is 24.5. The molecule has 1 heterocycles. The lowest BCUT2D eigenvalue weighted by molar-refractivity contribution is 0.869. The zero-order valence-electron chi connectivity index (χ0n) is 15.5. The normalized spacial score (nSPS) is 12.4. The number of fused-ring (bicyclic) bond motifs is 6. The Kier molecular flexibility index (Phi) is 2.86. The van der Waals surface area contributed by atoms with E-state index in [1.54, 1.807) is 0 Å². The van der Waals surface area contributed by atoms with Gasteiger partial charge in [-0.1, -0.05) is 74.5 Å². The summed E-state index contributed by atoms with van der Waals surface area (Å²) in [4.78, 5) is 4.84. The fourth-order valence-electron chi connectivity index (χ4n) is 4.72. The van der Waals surface area contributed by atoms with Crippen molar-refractivity contribution in [2.45, 2.75) is 19.8 Å². The Bertz CT molecular complexity index is 1490. The molecule has 1 aromatic heterocycles. The summed E-state index contributed by atoms with van der Waals surface area (Å²) in [6.45, 7) is 4.51. The van der Waals surface area contributed by atoms with Gasteiger partial charge in [0.15, 0.2) is 0 Å². The summed E-state index contributed by atoms with van der Waals surface area (Å²) >= 11 is 0. The minimum atomic E-state index is 0.510. The second kappa shape index (κ2) is 5.17. The lowest BCUT2D eigenvalue weighted by atomic mass is 9.87. The fraction of sp³-hybridized carbons (Fsp3) is 0.115. The van der Waals surface area contributed by atoms with E-state index in [1.807, 2.05) is 6.20 Å². The van der Waals surface area contributed by atoms with Gasteiger partial charge in [0.25, 0.3) is 0 Å². The van der Waals surface area contributed by atoms with Crippen LogP contribution in [-0.2, 0) is 0 Å². The van der Waals surface area contributed by atoms with Gasteiger partial charge in [-0.3, -0.25) is 4.98 Å². The third-order valence-corrected chi connectivity index (χ3v) is 6.03. The van der Waals surface area contributed by atoms with E-state index in [9.17, 15) is 0 Å². The first-order valence-electron chi connectivity index (χ1n) is 9.61. The number of pyridine rings is 1. The first-order valence-corrected chi connectivity index (χ1v) is 9.61. The standard InChI is InChI=1S/C26H19N/c1-15(2)16-10-11-22-23(14-16)20-9-5-8-19-17-6-3-4-7-18(17)21-12-13-27-26(22)25(21)24(19)20/h3-15H,1-2H3. The highest BCUT2D eigenvalue weighted by molar-refractivity contribution is 6.39. The molecule has 0 aliphatic carbocycles. The summed E-state index contributed by atoms with van der Waals surface area (Å²) in [5.74, 6) is 0.510. The molecule has 0 aliphatic rings. The summed E-state index contributed by atoms with van der Waals surface area (Å²) in [5, 5.41) is 11.8. The van der Waals surface area contributed by atoms with Gasteiger partial charge in [-0.15, -0.1) is 0 Å². The largest absolute Gasteiger partial charge is 0.256 e. The molecule has 0 saturated carbocycles. The smallest absolute Gasteiger partial charge is 0.0793 e. The van der Waals surface area contributed by atoms with Crippen LogP contribution in [0.5, 0.6) is 0 Å². The van der Waals surface area contributed by atoms with Crippen molar-refractivity contribution in [2.75, 3.05) is 0 Å². The lowest BCUT2D eigenvalue weighted by Crippen LogP contribution is -1.93. The number of benzene rings is 5. The average molecular weight is 345 g/mol. The molecular weight excluding hydrogens is 326 g/mol. The van der Waals surface area contributed by atoms with E-state index in [1.165, 1.54) is 54.0 Å². The first-order chi connectivity index (χ1) is 13.2. The van der Waals surface area contributed by atoms with Gasteiger partial charge in [-0.2, -0.15) is 0 Å². The predicted octanol–water partition coefficient (Wildman–Crippen LogP) is 7.41. The molecule has 1 heteroatoms. The fourth-order valence-corrected chi connectivity index (χ4v) is 4.72. The van der Waals surface area contributed by atoms with Crippen LogP contribution in [0, 0.1) is 0 Å². The van der Waals surface area contributed by atoms with Crippen LogP contribution in [0.4, 0.5) is 0 Å². The zero-order valence-corrected chi connectivity index (χ0v) is 15.5. The second-order valence-corrected chi connectivity index (χ2v) is 7.82. The first kappa shape index (κ1) is 14.9. The molecule has 0 saturated heterocycles. The number of nitrogens with zero attached hydrogens (tertiary/aromatic N) is 1. The number of hydrogen-bond donors (Lipinski definition) is 0. The van der Waals surface area contributed by atoms with E-state index >= 15 is 0 Å². The van der Waals surface area contributed by atoms with Gasteiger partial charge in [0.1, 0.15) is 0 Å². The lowest BCUT2D eigenvalue weighted by Gasteiger charge is -2.17. The number of hydrogen-bond acceptors (Lipinski definition) is 1. The number of aromatic nitrogens is 1. The highest BCUT2D eigenvalue weighted by Crippen LogP contribution is 2.44. The molecule has 0 aliphatic heterocycles. The van der Waals surface area contributed by atoms with E-state index in [-0.39, 0.29) is 0 Å². The SMILES string of the molecule is CC(C)c1ccc2c(c1)c1cccc3c4ccccc4c4ccnc2c4c31. The molecule has 27 heavy (non-hydrogen) atoms. The molecule has 0 fully saturated rings. The predicted molar refractivity (Wildman–Crippen MR) is 117 cm³/mol. The summed E-state index contributed by atoms with van der Waals surface area (Å²) in [6.07, 6.45) is 1.96. The Morgan fingerprint density at radius 1 is 0.593 bits per heavy atom. The maximum atomic E-state index is 4.84. The van der Waals surface area contributed by atoms with Gasteiger partial charge in [0.05, 0.1) is 5.52 Å². The van der Waals surface area contributed by atoms with Crippen molar-refractivity contribution < 1.29 is 0 Å². The minimum absolute atomic E-state index is 0.510. The molecule has 0 atom stereocenters. The molecular formula is C26H19N. The van der Waals surface area contributed by atoms with Crippen LogP contribution in [0.15, 0.2) is 72.9 Å². The highest BCUT2D eigenvalue weighted by Gasteiger charge is 2.17. The summed E-state index contributed by atoms with van der Waals surface area (Å²) in [7, 11) is 0. The molecule has 0 unspecified atom stereocenters. The zero-order chi connectivity index (χ0) is 18.1. The monoisotopic (exact) mass is 345 g/mol. The van der Waals surface area contributed by atoms with E-state index < -0.39 is 0 Å². The van der Waals surface area contributed by atoms with E-state index in [0.29, 0.717) is 5.92 Å². The van der Waals surface area contributed by atoms with Crippen molar-refractivity contribution in [3.05, 3.63) is 78.5 Å². The van der Waals surface area contributed by atoms with Crippen molar-refractivity contribution in [3.8, 4) is 0 Å². The third kappa shape index (κ3) is 1.86. The van der Waals surface area contributed by atoms with Crippen molar-refractivity contribution in [1.82, 2.24) is 4.98 Å². The Morgan fingerprint density at radius 3 is 2.00 bits per heavy atom. The summed E-state index contributed by atoms with van der Waals surface area (Å²) < 4.78 is 0. The van der Waals surface area contributed by atoms with E-state index in [0.717, 1.165) is 5.52 Å². The van der Waals surface area contributed by atoms with Crippen molar-refractivity contribution in [3.63, 3.8) is 0 Å². The van der Waals surface area contributed by atoms with Gasteiger partial charge in [-0.25, -0.2) is 0 Å². The maximum Gasteiger partial charge on any atom is 0.0793 e. The van der Waals surface area contributed by atoms with Gasteiger partial charge < -0.3 is 0 Å². The van der Waals surface area contributed by atoms with E-state index in [4.69, 9.17) is 4.98 Å². The molecule has 0 radical (unpaired) electrons. The molecule has 128 valence electrons. The van der Waals surface area contributed by atoms with Gasteiger partial charge in [-0.05, 0) is 49.9 Å². The van der Waals surface area contributed by atoms with Gasteiger partial charge >= 0.3 is 0 Å². The molecule has 0 N–H and O–H groups in total. The Balaban J connectivity index is 2.02. The Hall–Kier alpha value is -3.19. The maximum absolute atomic E-state index is 4.84. The van der Waals surface area contributed by atoms with Gasteiger partial charge in [0.2, 0.25) is 0 Å². The third-order valence-electron chi connectivity index (χ3n) is 6.03. The van der Waals surface area contributed by atoms with Crippen LogP contribution in [0.3, 0.4) is 0 Å². The van der Waals surface area contributed by atoms with Crippen LogP contribution in [0.2, 0.25) is 0 Å². The minimum Gasteiger partial charge on any atom is -0.256 e. The van der Waals surface area contributed by atoms with Crippen LogP contribution in [-0.4, -0.2) is 4.98 Å². The molecule has 0 amide bonds. The van der Waals surface area contributed by atoms with Crippen LogP contribution in [0.1, 0.15) is 25.3 Å².